The van der Waals surface area contributed by atoms with Crippen LogP contribution in [-0.4, -0.2) is 24.5 Å². The second kappa shape index (κ2) is 7.75. The minimum atomic E-state index is -3.91. The molecular formula is C20H21N3O5S. The molecule has 1 aliphatic carbocycles. The van der Waals surface area contributed by atoms with Gasteiger partial charge in [-0.25, -0.2) is 13.2 Å². The lowest BCUT2D eigenvalue weighted by atomic mass is 9.98. The molecular weight excluding hydrogens is 394 g/mol. The molecule has 0 atom stereocenters. The summed E-state index contributed by atoms with van der Waals surface area (Å²) in [6.07, 6.45) is 5.89. The van der Waals surface area contributed by atoms with Gasteiger partial charge < -0.3 is 9.72 Å². The molecule has 1 heterocycles. The highest BCUT2D eigenvalue weighted by Crippen LogP contribution is 2.25. The van der Waals surface area contributed by atoms with Gasteiger partial charge in [-0.3, -0.25) is 14.5 Å². The average Bonchev–Trinajstić information content (AvgIpc) is 2.70. The van der Waals surface area contributed by atoms with E-state index in [2.05, 4.69) is 14.7 Å². The van der Waals surface area contributed by atoms with Crippen LogP contribution in [0.2, 0.25) is 0 Å². The molecule has 2 aromatic carbocycles. The van der Waals surface area contributed by atoms with Crippen LogP contribution in [-0.2, 0) is 10.0 Å². The van der Waals surface area contributed by atoms with Gasteiger partial charge in [-0.05, 0) is 68.1 Å². The predicted molar refractivity (Wildman–Crippen MR) is 110 cm³/mol. The second-order valence-corrected chi connectivity index (χ2v) is 8.81. The number of aromatic nitrogens is 2. The summed E-state index contributed by atoms with van der Waals surface area (Å²) >= 11 is 0. The maximum Gasteiger partial charge on any atom is 0.326 e. The number of ether oxygens (including phenoxy) is 1. The Bertz CT molecular complexity index is 1240. The third-order valence-corrected chi connectivity index (χ3v) is 6.36. The van der Waals surface area contributed by atoms with Crippen molar-refractivity contribution in [2.24, 2.45) is 0 Å². The van der Waals surface area contributed by atoms with Gasteiger partial charge in [-0.1, -0.05) is 6.42 Å². The van der Waals surface area contributed by atoms with Crippen LogP contribution in [0.5, 0.6) is 5.75 Å². The van der Waals surface area contributed by atoms with Gasteiger partial charge in [0, 0.05) is 5.69 Å². The highest BCUT2D eigenvalue weighted by atomic mass is 32.2. The Morgan fingerprint density at radius 2 is 1.66 bits per heavy atom. The molecule has 0 saturated heterocycles. The van der Waals surface area contributed by atoms with Crippen LogP contribution in [0.15, 0.2) is 56.9 Å². The van der Waals surface area contributed by atoms with Crippen LogP contribution >= 0.6 is 0 Å². The highest BCUT2D eigenvalue weighted by molar-refractivity contribution is 7.92. The fourth-order valence-electron chi connectivity index (χ4n) is 3.50. The van der Waals surface area contributed by atoms with E-state index in [0.29, 0.717) is 11.4 Å². The Labute approximate surface area is 167 Å². The Morgan fingerprint density at radius 1 is 0.931 bits per heavy atom. The van der Waals surface area contributed by atoms with Gasteiger partial charge >= 0.3 is 5.69 Å². The molecule has 152 valence electrons. The molecule has 3 aromatic rings. The molecule has 0 amide bonds. The van der Waals surface area contributed by atoms with Gasteiger partial charge in [-0.2, -0.15) is 0 Å². The number of fused-ring (bicyclic) bond motifs is 1. The summed E-state index contributed by atoms with van der Waals surface area (Å²) in [6.45, 7) is 0. The molecule has 1 aliphatic rings. The largest absolute Gasteiger partial charge is 0.490 e. The van der Waals surface area contributed by atoms with Gasteiger partial charge in [0.05, 0.1) is 21.9 Å². The van der Waals surface area contributed by atoms with Gasteiger partial charge in [0.2, 0.25) is 0 Å². The SMILES string of the molecule is O=c1[nH]c(=O)c2cc(S(=O)(=O)Nc3ccc(OC4CCCCC4)cc3)ccc2[nH]1. The van der Waals surface area contributed by atoms with Crippen molar-refractivity contribution in [3.8, 4) is 5.75 Å². The van der Waals surface area contributed by atoms with Gasteiger partial charge in [0.25, 0.3) is 15.6 Å². The van der Waals surface area contributed by atoms with E-state index in [1.807, 2.05) is 0 Å². The van der Waals surface area contributed by atoms with Crippen LogP contribution in [0.4, 0.5) is 5.69 Å². The van der Waals surface area contributed by atoms with Crippen molar-refractivity contribution in [1.29, 1.82) is 0 Å². The number of hydrogen-bond acceptors (Lipinski definition) is 5. The van der Waals surface area contributed by atoms with Gasteiger partial charge in [0.15, 0.2) is 0 Å². The number of sulfonamides is 1. The molecule has 0 bridgehead atoms. The molecule has 1 saturated carbocycles. The Morgan fingerprint density at radius 3 is 2.38 bits per heavy atom. The van der Waals surface area contributed by atoms with Crippen molar-refractivity contribution in [3.05, 3.63) is 63.3 Å². The van der Waals surface area contributed by atoms with Crippen LogP contribution in [0, 0.1) is 0 Å². The molecule has 0 radical (unpaired) electrons. The van der Waals surface area contributed by atoms with Crippen molar-refractivity contribution in [2.75, 3.05) is 4.72 Å². The number of hydrogen-bond donors (Lipinski definition) is 3. The zero-order valence-corrected chi connectivity index (χ0v) is 16.4. The lowest BCUT2D eigenvalue weighted by molar-refractivity contribution is 0.155. The maximum atomic E-state index is 12.7. The second-order valence-electron chi connectivity index (χ2n) is 7.12. The van der Waals surface area contributed by atoms with Crippen LogP contribution < -0.4 is 20.7 Å². The molecule has 0 spiro atoms. The summed E-state index contributed by atoms with van der Waals surface area (Å²) in [5, 5.41) is 0.0868. The maximum absolute atomic E-state index is 12.7. The van der Waals surface area contributed by atoms with E-state index in [9.17, 15) is 18.0 Å². The summed E-state index contributed by atoms with van der Waals surface area (Å²) in [5.41, 5.74) is -0.643. The third-order valence-electron chi connectivity index (χ3n) is 4.98. The lowest BCUT2D eigenvalue weighted by Crippen LogP contribution is -2.22. The number of rotatable bonds is 5. The number of aromatic amines is 2. The van der Waals surface area contributed by atoms with E-state index in [4.69, 9.17) is 4.74 Å². The van der Waals surface area contributed by atoms with E-state index >= 15 is 0 Å². The quantitative estimate of drug-likeness (QED) is 0.592. The molecule has 29 heavy (non-hydrogen) atoms. The first-order chi connectivity index (χ1) is 13.9. The fraction of sp³-hybridized carbons (Fsp3) is 0.300. The zero-order chi connectivity index (χ0) is 20.4. The molecule has 3 N–H and O–H groups in total. The van der Waals surface area contributed by atoms with Crippen molar-refractivity contribution in [3.63, 3.8) is 0 Å². The average molecular weight is 415 g/mol. The van der Waals surface area contributed by atoms with Gasteiger partial charge in [-0.15, -0.1) is 0 Å². The van der Waals surface area contributed by atoms with E-state index in [-0.39, 0.29) is 21.9 Å². The molecule has 1 aromatic heterocycles. The summed E-state index contributed by atoms with van der Waals surface area (Å²) in [4.78, 5) is 27.7. The first-order valence-electron chi connectivity index (χ1n) is 9.47. The smallest absolute Gasteiger partial charge is 0.326 e. The van der Waals surface area contributed by atoms with Crippen molar-refractivity contribution in [1.82, 2.24) is 9.97 Å². The molecule has 0 unspecified atom stereocenters. The van der Waals surface area contributed by atoms with Crippen molar-refractivity contribution < 1.29 is 13.2 Å². The Hall–Kier alpha value is -3.07. The molecule has 8 nitrogen and oxygen atoms in total. The minimum Gasteiger partial charge on any atom is -0.490 e. The fourth-order valence-corrected chi connectivity index (χ4v) is 4.59. The van der Waals surface area contributed by atoms with Crippen LogP contribution in [0.1, 0.15) is 32.1 Å². The molecule has 1 fully saturated rings. The summed E-state index contributed by atoms with van der Waals surface area (Å²) < 4.78 is 33.8. The topological polar surface area (TPSA) is 121 Å². The monoisotopic (exact) mass is 415 g/mol. The Balaban J connectivity index is 1.53. The number of H-pyrrole nitrogens is 2. The van der Waals surface area contributed by atoms with Crippen molar-refractivity contribution in [2.45, 2.75) is 43.1 Å². The van der Waals surface area contributed by atoms with E-state index in [1.54, 1.807) is 24.3 Å². The number of anilines is 1. The Kier molecular flexibility index (Phi) is 5.14. The first kappa shape index (κ1) is 19.3. The summed E-state index contributed by atoms with van der Waals surface area (Å²) in [6, 6.07) is 10.7. The highest BCUT2D eigenvalue weighted by Gasteiger charge is 2.17. The molecule has 9 heteroatoms. The lowest BCUT2D eigenvalue weighted by Gasteiger charge is -2.23. The van der Waals surface area contributed by atoms with Gasteiger partial charge in [0.1, 0.15) is 5.75 Å². The minimum absolute atomic E-state index is 0.0786. The summed E-state index contributed by atoms with van der Waals surface area (Å²) in [7, 11) is -3.91. The summed E-state index contributed by atoms with van der Waals surface area (Å²) in [5.74, 6) is 0.709. The first-order valence-corrected chi connectivity index (χ1v) is 10.9. The predicted octanol–water partition coefficient (Wildman–Crippen LogP) is 2.73. The molecule has 4 rings (SSSR count). The van der Waals surface area contributed by atoms with Crippen LogP contribution in [0.3, 0.4) is 0 Å². The van der Waals surface area contributed by atoms with E-state index < -0.39 is 21.3 Å². The van der Waals surface area contributed by atoms with E-state index in [1.165, 1.54) is 37.5 Å². The third kappa shape index (κ3) is 4.34. The number of benzene rings is 2. The normalized spacial score (nSPS) is 15.3. The zero-order valence-electron chi connectivity index (χ0n) is 15.6. The van der Waals surface area contributed by atoms with Crippen LogP contribution in [0.25, 0.3) is 10.9 Å². The number of nitrogens with one attached hydrogen (secondary N) is 3. The van der Waals surface area contributed by atoms with E-state index in [0.717, 1.165) is 12.8 Å². The molecule has 0 aliphatic heterocycles. The standard InChI is InChI=1S/C20H21N3O5S/c24-19-17-12-16(10-11-18(17)21-20(25)22-19)29(26,27)23-13-6-8-15(9-7-13)28-14-4-2-1-3-5-14/h6-12,14,23H,1-5H2,(H2,21,22,24,25). The van der Waals surface area contributed by atoms with Crippen molar-refractivity contribution >= 4 is 26.6 Å².